The molecule has 147 valence electrons. The van der Waals surface area contributed by atoms with Crippen molar-refractivity contribution in [2.45, 2.75) is 0 Å². The van der Waals surface area contributed by atoms with Gasteiger partial charge in [-0.15, -0.1) is 0 Å². The maximum atomic E-state index is 11.4. The number of nitrogens with zero attached hydrogens (tertiary/aromatic N) is 2. The van der Waals surface area contributed by atoms with Crippen LogP contribution in [0, 0.1) is 6.20 Å². The first-order valence-corrected chi connectivity index (χ1v) is 10.4. The Labute approximate surface area is 163 Å². The van der Waals surface area contributed by atoms with Gasteiger partial charge in [-0.25, -0.2) is 18.4 Å². The fourth-order valence-electron chi connectivity index (χ4n) is 2.48. The predicted octanol–water partition coefficient (Wildman–Crippen LogP) is 2.61. The van der Waals surface area contributed by atoms with Crippen LogP contribution in [0.2, 0.25) is 0 Å². The van der Waals surface area contributed by atoms with Gasteiger partial charge < -0.3 is 19.5 Å². The molecule has 0 saturated carbocycles. The third-order valence-corrected chi connectivity index (χ3v) is 4.74. The van der Waals surface area contributed by atoms with Gasteiger partial charge in [-0.05, 0) is 12.1 Å². The normalized spacial score (nSPS) is 11.2. The number of benzene rings is 2. The quantitative estimate of drug-likeness (QED) is 0.614. The van der Waals surface area contributed by atoms with E-state index in [1.54, 1.807) is 12.1 Å². The monoisotopic (exact) mass is 402 g/mol. The van der Waals surface area contributed by atoms with Crippen LogP contribution in [-0.4, -0.2) is 51.2 Å². The number of para-hydroxylation sites is 2. The number of hydrogen-bond acceptors (Lipinski definition) is 8. The topological polar surface area (TPSA) is 99.6 Å². The summed E-state index contributed by atoms with van der Waals surface area (Å²) in [5, 5.41) is 3.10. The second-order valence-corrected chi connectivity index (χ2v) is 8.24. The maximum absolute atomic E-state index is 11.4. The Morgan fingerprint density at radius 1 is 1.11 bits per heavy atom. The molecular weight excluding hydrogens is 382 g/mol. The summed E-state index contributed by atoms with van der Waals surface area (Å²) < 4.78 is 39.2. The molecule has 0 atom stereocenters. The standard InChI is InChI=1S/C19H20N3O5S/c1-25-13-10-16(19(17(11-13)26-2)27-8-9-28(3,23)24)22-18-12-20-14-6-4-5-7-15(14)21-18/h4-7,10-11H,8-9H2,1-3H3,(H,21,22). The minimum atomic E-state index is -3.16. The first kappa shape index (κ1) is 19.7. The fraction of sp³-hybridized carbons (Fsp3) is 0.263. The molecule has 8 nitrogen and oxygen atoms in total. The SMILES string of the molecule is COc1cc(Nc2[c]nc3ccccc3n2)c(OCCS(C)(=O)=O)c(OC)c1. The molecule has 1 radical (unpaired) electrons. The Balaban J connectivity index is 1.96. The second kappa shape index (κ2) is 8.30. The summed E-state index contributed by atoms with van der Waals surface area (Å²) in [6.45, 7) is -0.0245. The minimum absolute atomic E-state index is 0.0245. The van der Waals surface area contributed by atoms with Crippen molar-refractivity contribution in [3.05, 3.63) is 42.6 Å². The number of rotatable bonds is 8. The van der Waals surface area contributed by atoms with Gasteiger partial charge in [-0.3, -0.25) is 0 Å². The first-order chi connectivity index (χ1) is 13.4. The zero-order valence-corrected chi connectivity index (χ0v) is 16.5. The van der Waals surface area contributed by atoms with E-state index >= 15 is 0 Å². The number of ether oxygens (including phenoxy) is 3. The molecule has 1 N–H and O–H groups in total. The van der Waals surface area contributed by atoms with Crippen molar-refractivity contribution < 1.29 is 22.6 Å². The Morgan fingerprint density at radius 3 is 2.54 bits per heavy atom. The van der Waals surface area contributed by atoms with Crippen molar-refractivity contribution in [2.24, 2.45) is 0 Å². The fourth-order valence-corrected chi connectivity index (χ4v) is 2.86. The van der Waals surface area contributed by atoms with Crippen LogP contribution in [-0.2, 0) is 9.84 Å². The van der Waals surface area contributed by atoms with E-state index in [-0.39, 0.29) is 12.4 Å². The van der Waals surface area contributed by atoms with E-state index in [4.69, 9.17) is 14.2 Å². The van der Waals surface area contributed by atoms with Gasteiger partial charge in [0.15, 0.2) is 27.2 Å². The van der Waals surface area contributed by atoms with Crippen LogP contribution in [0.25, 0.3) is 11.0 Å². The molecule has 0 fully saturated rings. The molecule has 0 aliphatic rings. The van der Waals surface area contributed by atoms with E-state index in [2.05, 4.69) is 21.5 Å². The van der Waals surface area contributed by atoms with Crippen LogP contribution in [0.1, 0.15) is 0 Å². The number of nitrogens with one attached hydrogen (secondary N) is 1. The molecule has 3 aromatic rings. The lowest BCUT2D eigenvalue weighted by Crippen LogP contribution is -2.13. The zero-order chi connectivity index (χ0) is 20.1. The number of sulfone groups is 1. The van der Waals surface area contributed by atoms with Gasteiger partial charge in [0, 0.05) is 18.4 Å². The van der Waals surface area contributed by atoms with Crippen molar-refractivity contribution in [2.75, 3.05) is 38.2 Å². The van der Waals surface area contributed by atoms with Gasteiger partial charge >= 0.3 is 0 Å². The third-order valence-electron chi connectivity index (χ3n) is 3.83. The molecule has 1 aromatic heterocycles. The molecule has 9 heteroatoms. The van der Waals surface area contributed by atoms with Gasteiger partial charge in [-0.2, -0.15) is 0 Å². The Hall–Kier alpha value is -3.07. The Morgan fingerprint density at radius 2 is 1.86 bits per heavy atom. The van der Waals surface area contributed by atoms with Crippen molar-refractivity contribution in [3.63, 3.8) is 0 Å². The summed E-state index contributed by atoms with van der Waals surface area (Å²) in [6.07, 6.45) is 3.99. The highest BCUT2D eigenvalue weighted by atomic mass is 32.2. The van der Waals surface area contributed by atoms with E-state index in [0.29, 0.717) is 34.3 Å². The lowest BCUT2D eigenvalue weighted by molar-refractivity contribution is 0.311. The predicted molar refractivity (Wildman–Crippen MR) is 106 cm³/mol. The highest BCUT2D eigenvalue weighted by Gasteiger charge is 2.16. The van der Waals surface area contributed by atoms with Crippen LogP contribution in [0.5, 0.6) is 17.2 Å². The summed E-state index contributed by atoms with van der Waals surface area (Å²) in [7, 11) is -0.140. The van der Waals surface area contributed by atoms with Crippen molar-refractivity contribution in [1.29, 1.82) is 0 Å². The largest absolute Gasteiger partial charge is 0.497 e. The molecular formula is C19H20N3O5S. The van der Waals surface area contributed by atoms with Crippen molar-refractivity contribution in [1.82, 2.24) is 9.97 Å². The molecule has 1 heterocycles. The van der Waals surface area contributed by atoms with Gasteiger partial charge in [0.25, 0.3) is 0 Å². The van der Waals surface area contributed by atoms with Gasteiger partial charge in [0.2, 0.25) is 0 Å². The molecule has 0 saturated heterocycles. The van der Waals surface area contributed by atoms with Crippen molar-refractivity contribution in [3.8, 4) is 17.2 Å². The minimum Gasteiger partial charge on any atom is -0.497 e. The Bertz CT molecular complexity index is 1090. The molecule has 3 rings (SSSR count). The smallest absolute Gasteiger partial charge is 0.185 e. The van der Waals surface area contributed by atoms with E-state index in [0.717, 1.165) is 11.8 Å². The van der Waals surface area contributed by atoms with Crippen molar-refractivity contribution >= 4 is 32.4 Å². The molecule has 0 amide bonds. The summed E-state index contributed by atoms with van der Waals surface area (Å²) in [4.78, 5) is 8.73. The summed E-state index contributed by atoms with van der Waals surface area (Å²) in [5.74, 6) is 1.52. The van der Waals surface area contributed by atoms with E-state index in [9.17, 15) is 8.42 Å². The number of aromatic nitrogens is 2. The molecule has 0 aliphatic carbocycles. The highest BCUT2D eigenvalue weighted by Crippen LogP contribution is 2.40. The maximum Gasteiger partial charge on any atom is 0.185 e. The van der Waals surface area contributed by atoms with E-state index in [1.807, 2.05) is 24.3 Å². The summed E-state index contributed by atoms with van der Waals surface area (Å²) in [6, 6.07) is 10.8. The lowest BCUT2D eigenvalue weighted by Gasteiger charge is -2.17. The molecule has 0 bridgehead atoms. The molecule has 0 spiro atoms. The highest BCUT2D eigenvalue weighted by molar-refractivity contribution is 7.90. The van der Waals surface area contributed by atoms with E-state index in [1.165, 1.54) is 14.2 Å². The average Bonchev–Trinajstić information content (AvgIpc) is 2.67. The molecule has 0 aliphatic heterocycles. The van der Waals surface area contributed by atoms with E-state index < -0.39 is 9.84 Å². The summed E-state index contributed by atoms with van der Waals surface area (Å²) >= 11 is 0. The van der Waals surface area contributed by atoms with Crippen LogP contribution in [0.4, 0.5) is 11.5 Å². The summed E-state index contributed by atoms with van der Waals surface area (Å²) in [5.41, 5.74) is 1.92. The van der Waals surface area contributed by atoms with Crippen LogP contribution in [0.15, 0.2) is 36.4 Å². The number of fused-ring (bicyclic) bond motifs is 1. The van der Waals surface area contributed by atoms with Crippen LogP contribution >= 0.6 is 0 Å². The van der Waals surface area contributed by atoms with Gasteiger partial charge in [0.05, 0.1) is 36.7 Å². The van der Waals surface area contributed by atoms with Gasteiger partial charge in [0.1, 0.15) is 18.6 Å². The Kier molecular flexibility index (Phi) is 5.84. The third kappa shape index (κ3) is 4.80. The number of anilines is 2. The zero-order valence-electron chi connectivity index (χ0n) is 15.7. The molecule has 0 unspecified atom stereocenters. The average molecular weight is 402 g/mol. The van der Waals surface area contributed by atoms with Gasteiger partial charge in [-0.1, -0.05) is 12.1 Å². The molecule has 2 aromatic carbocycles. The number of methoxy groups -OCH3 is 2. The first-order valence-electron chi connectivity index (χ1n) is 8.37. The molecule has 28 heavy (non-hydrogen) atoms. The second-order valence-electron chi connectivity index (χ2n) is 5.98. The van der Waals surface area contributed by atoms with Crippen LogP contribution < -0.4 is 19.5 Å². The number of hydrogen-bond donors (Lipinski definition) is 1. The lowest BCUT2D eigenvalue weighted by atomic mass is 10.2. The van der Waals surface area contributed by atoms with Crippen LogP contribution in [0.3, 0.4) is 0 Å².